The molecule has 1 aromatic heterocycles. The van der Waals surface area contributed by atoms with Gasteiger partial charge >= 0.3 is 6.09 Å². The largest absolute Gasteiger partial charge is 0.444 e. The quantitative estimate of drug-likeness (QED) is 0.834. The molecule has 2 aliphatic heterocycles. The minimum absolute atomic E-state index is 0.175. The van der Waals surface area contributed by atoms with Gasteiger partial charge < -0.3 is 14.0 Å². The summed E-state index contributed by atoms with van der Waals surface area (Å²) in [6.07, 6.45) is 3.69. The van der Waals surface area contributed by atoms with Crippen LogP contribution in [0.1, 0.15) is 51.6 Å². The third kappa shape index (κ3) is 3.58. The SMILES string of the molecule is CCOC1(c2cc(C3CCN3C(=O)OC(C)(C)C)on2)CN=CC=N1. The second-order valence-electron chi connectivity index (χ2n) is 7.08. The average molecular weight is 348 g/mol. The summed E-state index contributed by atoms with van der Waals surface area (Å²) in [7, 11) is 0. The van der Waals surface area contributed by atoms with Crippen LogP contribution in [0.15, 0.2) is 20.6 Å². The van der Waals surface area contributed by atoms with Crippen LogP contribution in [0.2, 0.25) is 0 Å². The summed E-state index contributed by atoms with van der Waals surface area (Å²) in [5.41, 5.74) is -0.919. The Kier molecular flexibility index (Phi) is 4.64. The molecule has 2 unspecified atom stereocenters. The Morgan fingerprint density at radius 3 is 2.80 bits per heavy atom. The van der Waals surface area contributed by atoms with Crippen molar-refractivity contribution in [3.05, 3.63) is 17.5 Å². The van der Waals surface area contributed by atoms with Gasteiger partial charge in [0, 0.05) is 31.6 Å². The van der Waals surface area contributed by atoms with E-state index in [-0.39, 0.29) is 12.1 Å². The monoisotopic (exact) mass is 348 g/mol. The van der Waals surface area contributed by atoms with E-state index in [9.17, 15) is 4.79 Å². The van der Waals surface area contributed by atoms with Crippen molar-refractivity contribution >= 4 is 18.5 Å². The Labute approximate surface area is 146 Å². The van der Waals surface area contributed by atoms with Gasteiger partial charge in [-0.15, -0.1) is 0 Å². The molecular weight excluding hydrogens is 324 g/mol. The smallest absolute Gasteiger partial charge is 0.410 e. The van der Waals surface area contributed by atoms with Gasteiger partial charge in [-0.25, -0.2) is 9.79 Å². The Morgan fingerprint density at radius 2 is 2.24 bits per heavy atom. The maximum absolute atomic E-state index is 12.3. The van der Waals surface area contributed by atoms with Crippen molar-refractivity contribution in [3.8, 4) is 0 Å². The number of nitrogens with zero attached hydrogens (tertiary/aromatic N) is 4. The van der Waals surface area contributed by atoms with Crippen molar-refractivity contribution in [2.45, 2.75) is 51.5 Å². The molecule has 8 nitrogen and oxygen atoms in total. The highest BCUT2D eigenvalue weighted by Crippen LogP contribution is 2.37. The lowest BCUT2D eigenvalue weighted by Crippen LogP contribution is -2.47. The molecule has 25 heavy (non-hydrogen) atoms. The summed E-state index contributed by atoms with van der Waals surface area (Å²) < 4.78 is 16.7. The van der Waals surface area contributed by atoms with E-state index in [2.05, 4.69) is 15.1 Å². The van der Waals surface area contributed by atoms with Crippen molar-refractivity contribution in [1.29, 1.82) is 0 Å². The van der Waals surface area contributed by atoms with Gasteiger partial charge in [-0.2, -0.15) is 0 Å². The molecule has 0 N–H and O–H groups in total. The second-order valence-corrected chi connectivity index (χ2v) is 7.08. The molecule has 1 aromatic rings. The van der Waals surface area contributed by atoms with E-state index in [4.69, 9.17) is 14.0 Å². The van der Waals surface area contributed by atoms with Gasteiger partial charge in [0.25, 0.3) is 0 Å². The second kappa shape index (κ2) is 6.59. The highest BCUT2D eigenvalue weighted by atomic mass is 16.6. The van der Waals surface area contributed by atoms with E-state index in [0.717, 1.165) is 6.42 Å². The lowest BCUT2D eigenvalue weighted by molar-refractivity contribution is -0.0349. The van der Waals surface area contributed by atoms with Gasteiger partial charge in [0.1, 0.15) is 11.3 Å². The maximum Gasteiger partial charge on any atom is 0.410 e. The minimum atomic E-state index is -0.953. The number of carbonyl (C=O) groups excluding carboxylic acids is 1. The number of hydrogen-bond donors (Lipinski definition) is 0. The molecule has 3 rings (SSSR count). The first-order valence-corrected chi connectivity index (χ1v) is 8.49. The summed E-state index contributed by atoms with van der Waals surface area (Å²) in [6.45, 7) is 8.90. The molecule has 0 aromatic carbocycles. The van der Waals surface area contributed by atoms with E-state index in [1.807, 2.05) is 27.7 Å². The topological polar surface area (TPSA) is 89.5 Å². The Hall–Kier alpha value is -2.22. The molecule has 8 heteroatoms. The number of amides is 1. The molecule has 0 radical (unpaired) electrons. The number of carbonyl (C=O) groups is 1. The van der Waals surface area contributed by atoms with Crippen LogP contribution in [0.5, 0.6) is 0 Å². The van der Waals surface area contributed by atoms with E-state index in [1.54, 1.807) is 23.4 Å². The lowest BCUT2D eigenvalue weighted by Gasteiger charge is -2.39. The highest BCUT2D eigenvalue weighted by Gasteiger charge is 2.42. The molecule has 1 saturated heterocycles. The lowest BCUT2D eigenvalue weighted by atomic mass is 9.99. The molecule has 0 bridgehead atoms. The van der Waals surface area contributed by atoms with E-state index < -0.39 is 11.3 Å². The Morgan fingerprint density at radius 1 is 1.44 bits per heavy atom. The van der Waals surface area contributed by atoms with Crippen LogP contribution >= 0.6 is 0 Å². The molecular formula is C17H24N4O4. The van der Waals surface area contributed by atoms with Crippen molar-refractivity contribution in [2.75, 3.05) is 19.7 Å². The molecule has 1 fully saturated rings. The van der Waals surface area contributed by atoms with E-state index in [1.165, 1.54) is 0 Å². The normalized spacial score (nSPS) is 25.8. The van der Waals surface area contributed by atoms with Gasteiger partial charge in [0.15, 0.2) is 5.76 Å². The van der Waals surface area contributed by atoms with Gasteiger partial charge in [0.05, 0.1) is 12.6 Å². The van der Waals surface area contributed by atoms with Gasteiger partial charge in [-0.3, -0.25) is 9.89 Å². The van der Waals surface area contributed by atoms with E-state index in [0.29, 0.717) is 31.2 Å². The first-order valence-electron chi connectivity index (χ1n) is 8.49. The van der Waals surface area contributed by atoms with Crippen molar-refractivity contribution in [1.82, 2.24) is 10.1 Å². The fraction of sp³-hybridized carbons (Fsp3) is 0.647. The third-order valence-electron chi connectivity index (χ3n) is 4.05. The number of aliphatic imine (C=N–C) groups is 2. The van der Waals surface area contributed by atoms with Gasteiger partial charge in [-0.1, -0.05) is 5.16 Å². The van der Waals surface area contributed by atoms with Crippen LogP contribution in [-0.4, -0.2) is 53.9 Å². The fourth-order valence-corrected chi connectivity index (χ4v) is 2.81. The summed E-state index contributed by atoms with van der Waals surface area (Å²) in [4.78, 5) is 22.6. The average Bonchev–Trinajstić information content (AvgIpc) is 2.95. The van der Waals surface area contributed by atoms with Crippen LogP contribution in [0.3, 0.4) is 0 Å². The predicted octanol–water partition coefficient (Wildman–Crippen LogP) is 2.70. The van der Waals surface area contributed by atoms with Gasteiger partial charge in [-0.05, 0) is 34.1 Å². The van der Waals surface area contributed by atoms with Crippen molar-refractivity contribution in [3.63, 3.8) is 0 Å². The number of hydrogen-bond acceptors (Lipinski definition) is 7. The van der Waals surface area contributed by atoms with Crippen LogP contribution in [0.4, 0.5) is 4.79 Å². The zero-order valence-corrected chi connectivity index (χ0v) is 15.1. The summed E-state index contributed by atoms with van der Waals surface area (Å²) in [5.74, 6) is 0.607. The molecule has 3 heterocycles. The highest BCUT2D eigenvalue weighted by molar-refractivity contribution is 6.16. The Balaban J connectivity index is 1.76. The number of aromatic nitrogens is 1. The first-order chi connectivity index (χ1) is 11.8. The molecule has 0 saturated carbocycles. The molecule has 2 aliphatic rings. The maximum atomic E-state index is 12.3. The van der Waals surface area contributed by atoms with Gasteiger partial charge in [0.2, 0.25) is 5.72 Å². The Bertz CT molecular complexity index is 691. The molecule has 2 atom stereocenters. The zero-order valence-electron chi connectivity index (χ0n) is 15.1. The summed E-state index contributed by atoms with van der Waals surface area (Å²) >= 11 is 0. The van der Waals surface area contributed by atoms with Crippen LogP contribution < -0.4 is 0 Å². The first kappa shape index (κ1) is 17.6. The van der Waals surface area contributed by atoms with Crippen LogP contribution in [0, 0.1) is 0 Å². The molecule has 0 spiro atoms. The fourth-order valence-electron chi connectivity index (χ4n) is 2.81. The third-order valence-corrected chi connectivity index (χ3v) is 4.05. The number of ether oxygens (including phenoxy) is 2. The number of rotatable bonds is 4. The molecule has 1 amide bonds. The molecule has 0 aliphatic carbocycles. The van der Waals surface area contributed by atoms with Crippen molar-refractivity contribution < 1.29 is 18.8 Å². The van der Waals surface area contributed by atoms with Crippen LogP contribution in [-0.2, 0) is 15.2 Å². The van der Waals surface area contributed by atoms with E-state index >= 15 is 0 Å². The summed E-state index contributed by atoms with van der Waals surface area (Å²) in [5, 5.41) is 4.14. The standard InChI is InChI=1S/C17H24N4O4/c1-5-23-17(11-18-7-8-19-17)14-10-13(25-20-14)12-6-9-21(12)15(22)24-16(2,3)4/h7-8,10,12H,5-6,9,11H2,1-4H3. The van der Waals surface area contributed by atoms with Crippen LogP contribution in [0.25, 0.3) is 0 Å². The molecule has 136 valence electrons. The van der Waals surface area contributed by atoms with Crippen molar-refractivity contribution in [2.24, 2.45) is 9.98 Å². The zero-order chi connectivity index (χ0) is 18.1. The predicted molar refractivity (Wildman–Crippen MR) is 92.0 cm³/mol. The summed E-state index contributed by atoms with van der Waals surface area (Å²) in [6, 6.07) is 1.63. The minimum Gasteiger partial charge on any atom is -0.444 e. The number of likely N-dealkylation sites (tertiary alicyclic amines) is 1.